The summed E-state index contributed by atoms with van der Waals surface area (Å²) >= 11 is 6.21. The first-order chi connectivity index (χ1) is 11.6. The van der Waals surface area contributed by atoms with Crippen molar-refractivity contribution in [2.45, 2.75) is 67.1 Å². The minimum absolute atomic E-state index is 0.0104. The molecule has 1 N–H and O–H groups in total. The van der Waals surface area contributed by atoms with Crippen LogP contribution in [0, 0.1) is 5.41 Å². The number of halogens is 1. The third-order valence-corrected chi connectivity index (χ3v) is 6.55. The van der Waals surface area contributed by atoms with Gasteiger partial charge in [-0.1, -0.05) is 65.5 Å². The molecular formula is C20H35ClO4S. The molecule has 6 heteroatoms. The van der Waals surface area contributed by atoms with Crippen LogP contribution in [-0.4, -0.2) is 24.9 Å². The van der Waals surface area contributed by atoms with Gasteiger partial charge in [-0.2, -0.15) is 0 Å². The van der Waals surface area contributed by atoms with Gasteiger partial charge in [0.2, 0.25) is 0 Å². The fraction of sp³-hybridized carbons (Fsp3) is 0.600. The molecule has 0 aliphatic heterocycles. The highest BCUT2D eigenvalue weighted by atomic mass is 35.5. The number of hydrogen-bond donors (Lipinski definition) is 1. The van der Waals surface area contributed by atoms with Gasteiger partial charge in [0.25, 0.3) is 0 Å². The SMILES string of the molecule is C=C(C)/C(OC(=C)C(C)(C)C)=C(\C(Cl)=C/C)S(=O)(=O)C(C)(C)CO.CC. The van der Waals surface area contributed by atoms with Crippen molar-refractivity contribution in [1.82, 2.24) is 0 Å². The van der Waals surface area contributed by atoms with Gasteiger partial charge in [-0.15, -0.1) is 0 Å². The maximum Gasteiger partial charge on any atom is 0.190 e. The molecule has 0 fully saturated rings. The Morgan fingerprint density at radius 2 is 1.58 bits per heavy atom. The molecule has 0 aliphatic carbocycles. The molecule has 0 atom stereocenters. The molecule has 0 aliphatic rings. The molecule has 26 heavy (non-hydrogen) atoms. The Morgan fingerprint density at radius 3 is 1.85 bits per heavy atom. The second-order valence-electron chi connectivity index (χ2n) is 7.27. The van der Waals surface area contributed by atoms with Crippen molar-refractivity contribution in [2.75, 3.05) is 6.61 Å². The Morgan fingerprint density at radius 1 is 1.15 bits per heavy atom. The Balaban J connectivity index is 0. The van der Waals surface area contributed by atoms with Gasteiger partial charge in [-0.3, -0.25) is 0 Å². The van der Waals surface area contributed by atoms with Gasteiger partial charge < -0.3 is 9.84 Å². The Hall–Kier alpha value is -1.04. The second-order valence-corrected chi connectivity index (χ2v) is 10.2. The average molecular weight is 407 g/mol. The highest BCUT2D eigenvalue weighted by Crippen LogP contribution is 2.38. The van der Waals surface area contributed by atoms with Crippen molar-refractivity contribution in [2.24, 2.45) is 5.41 Å². The fourth-order valence-corrected chi connectivity index (χ4v) is 3.40. The van der Waals surface area contributed by atoms with E-state index in [0.29, 0.717) is 11.3 Å². The number of sulfone groups is 1. The average Bonchev–Trinajstić information content (AvgIpc) is 2.54. The van der Waals surface area contributed by atoms with E-state index in [9.17, 15) is 13.5 Å². The smallest absolute Gasteiger partial charge is 0.190 e. The lowest BCUT2D eigenvalue weighted by molar-refractivity contribution is 0.224. The van der Waals surface area contributed by atoms with Crippen molar-refractivity contribution < 1.29 is 18.3 Å². The van der Waals surface area contributed by atoms with Gasteiger partial charge in [0.1, 0.15) is 16.4 Å². The van der Waals surface area contributed by atoms with Gasteiger partial charge >= 0.3 is 0 Å². The van der Waals surface area contributed by atoms with Crippen molar-refractivity contribution in [1.29, 1.82) is 0 Å². The minimum atomic E-state index is -3.99. The van der Waals surface area contributed by atoms with E-state index < -0.39 is 26.6 Å². The van der Waals surface area contributed by atoms with Crippen molar-refractivity contribution in [3.05, 3.63) is 46.3 Å². The van der Waals surface area contributed by atoms with E-state index >= 15 is 0 Å². The summed E-state index contributed by atoms with van der Waals surface area (Å²) in [6, 6.07) is 0. The van der Waals surface area contributed by atoms with Crippen LogP contribution in [-0.2, 0) is 14.6 Å². The molecule has 0 saturated heterocycles. The maximum absolute atomic E-state index is 13.1. The predicted octanol–water partition coefficient (Wildman–Crippen LogP) is 5.71. The quantitative estimate of drug-likeness (QED) is 0.434. The summed E-state index contributed by atoms with van der Waals surface area (Å²) in [4.78, 5) is -0.191. The summed E-state index contributed by atoms with van der Waals surface area (Å²) in [6.07, 6.45) is 1.47. The molecule has 152 valence electrons. The van der Waals surface area contributed by atoms with Crippen LogP contribution in [0.1, 0.15) is 62.3 Å². The van der Waals surface area contributed by atoms with E-state index in [2.05, 4.69) is 13.2 Å². The summed E-state index contributed by atoms with van der Waals surface area (Å²) in [7, 11) is -3.99. The molecule has 0 spiro atoms. The van der Waals surface area contributed by atoms with Crippen LogP contribution in [0.25, 0.3) is 0 Å². The van der Waals surface area contributed by atoms with Crippen LogP contribution in [0.4, 0.5) is 0 Å². The van der Waals surface area contributed by atoms with E-state index in [1.54, 1.807) is 13.8 Å². The molecule has 0 bridgehead atoms. The van der Waals surface area contributed by atoms with E-state index in [4.69, 9.17) is 16.3 Å². The molecule has 0 rings (SSSR count). The summed E-state index contributed by atoms with van der Waals surface area (Å²) in [6.45, 7) is 22.9. The zero-order valence-corrected chi connectivity index (χ0v) is 19.2. The van der Waals surface area contributed by atoms with Gasteiger partial charge in [0.15, 0.2) is 9.84 Å². The molecule has 0 aromatic carbocycles. The number of hydrogen-bond acceptors (Lipinski definition) is 4. The molecular weight excluding hydrogens is 372 g/mol. The number of rotatable bonds is 7. The van der Waals surface area contributed by atoms with E-state index in [1.807, 2.05) is 34.6 Å². The minimum Gasteiger partial charge on any atom is -0.460 e. The second kappa shape index (κ2) is 10.3. The summed E-state index contributed by atoms with van der Waals surface area (Å²) in [5, 5.41) is 9.53. The Kier molecular flexibility index (Phi) is 10.8. The topological polar surface area (TPSA) is 63.6 Å². The first-order valence-corrected chi connectivity index (χ1v) is 10.4. The highest BCUT2D eigenvalue weighted by molar-refractivity contribution is 7.97. The highest BCUT2D eigenvalue weighted by Gasteiger charge is 2.41. The summed E-state index contributed by atoms with van der Waals surface area (Å²) in [5.41, 5.74) is -0.00231. The zero-order chi connectivity index (χ0) is 21.5. The molecule has 0 heterocycles. The van der Waals surface area contributed by atoms with Crippen LogP contribution in [0.15, 0.2) is 46.3 Å². The molecule has 0 aromatic rings. The predicted molar refractivity (Wildman–Crippen MR) is 113 cm³/mol. The number of aliphatic hydroxyl groups excluding tert-OH is 1. The molecule has 0 saturated carbocycles. The van der Waals surface area contributed by atoms with Crippen LogP contribution in [0.3, 0.4) is 0 Å². The van der Waals surface area contributed by atoms with E-state index in [-0.39, 0.29) is 15.7 Å². The van der Waals surface area contributed by atoms with Crippen LogP contribution in [0.2, 0.25) is 0 Å². The van der Waals surface area contributed by atoms with E-state index in [1.165, 1.54) is 19.9 Å². The van der Waals surface area contributed by atoms with E-state index in [0.717, 1.165) is 0 Å². The van der Waals surface area contributed by atoms with Gasteiger partial charge in [-0.05, 0) is 33.3 Å². The van der Waals surface area contributed by atoms with Crippen LogP contribution >= 0.6 is 11.6 Å². The fourth-order valence-electron chi connectivity index (χ4n) is 1.45. The van der Waals surface area contributed by atoms with Crippen molar-refractivity contribution in [3.63, 3.8) is 0 Å². The lowest BCUT2D eigenvalue weighted by Gasteiger charge is -2.28. The molecule has 4 nitrogen and oxygen atoms in total. The van der Waals surface area contributed by atoms with Crippen LogP contribution in [0.5, 0.6) is 0 Å². The zero-order valence-electron chi connectivity index (χ0n) is 17.7. The largest absolute Gasteiger partial charge is 0.460 e. The summed E-state index contributed by atoms with van der Waals surface area (Å²) in [5.74, 6) is 0.426. The standard InChI is InChI=1S/C18H29ClO4S.C2H6/c1-10-14(19)16(24(21,22)18(8,9)11-20)15(12(2)3)23-13(4)17(5,6)7;1-2/h10,20H,2,4,11H2,1,3,5-9H3;1-2H3/b14-10+,16-15-;. The maximum atomic E-state index is 13.1. The van der Waals surface area contributed by atoms with Gasteiger partial charge in [0, 0.05) is 5.41 Å². The number of allylic oxidation sites excluding steroid dienone is 4. The summed E-state index contributed by atoms with van der Waals surface area (Å²) < 4.78 is 30.5. The third-order valence-electron chi connectivity index (χ3n) is 3.50. The van der Waals surface area contributed by atoms with Crippen molar-refractivity contribution >= 4 is 21.4 Å². The van der Waals surface area contributed by atoms with Gasteiger partial charge in [0.05, 0.1) is 16.4 Å². The third kappa shape index (κ3) is 6.60. The van der Waals surface area contributed by atoms with Gasteiger partial charge in [-0.25, -0.2) is 8.42 Å². The first kappa shape index (κ1) is 27.2. The number of ether oxygens (including phenoxy) is 1. The molecule has 0 amide bonds. The Bertz CT molecular complexity index is 675. The van der Waals surface area contributed by atoms with Crippen molar-refractivity contribution in [3.8, 4) is 0 Å². The molecule has 0 unspecified atom stereocenters. The number of aliphatic hydroxyl groups is 1. The van der Waals surface area contributed by atoms with Crippen LogP contribution < -0.4 is 0 Å². The Labute approximate surface area is 165 Å². The molecule has 0 aromatic heterocycles. The lowest BCUT2D eigenvalue weighted by atomic mass is 9.95. The monoisotopic (exact) mass is 406 g/mol. The normalized spacial score (nSPS) is 14.0. The molecule has 0 radical (unpaired) electrons. The lowest BCUT2D eigenvalue weighted by Crippen LogP contribution is -2.37. The first-order valence-electron chi connectivity index (χ1n) is 8.58.